The molecule has 3 aromatic heterocycles. The van der Waals surface area contributed by atoms with E-state index < -0.39 is 11.7 Å². The summed E-state index contributed by atoms with van der Waals surface area (Å²) in [5, 5.41) is 4.93. The van der Waals surface area contributed by atoms with E-state index in [9.17, 15) is 14.0 Å². The molecule has 0 spiro atoms. The van der Waals surface area contributed by atoms with Crippen LogP contribution in [0.5, 0.6) is 0 Å². The van der Waals surface area contributed by atoms with Crippen molar-refractivity contribution in [2.24, 2.45) is 11.7 Å². The number of hydrogen-bond acceptors (Lipinski definition) is 7. The van der Waals surface area contributed by atoms with Crippen molar-refractivity contribution in [1.29, 1.82) is 0 Å². The van der Waals surface area contributed by atoms with Crippen molar-refractivity contribution in [2.75, 3.05) is 18.4 Å². The van der Waals surface area contributed by atoms with Crippen LogP contribution in [-0.4, -0.2) is 44.8 Å². The highest BCUT2D eigenvalue weighted by molar-refractivity contribution is 7.17. The minimum atomic E-state index is -0.432. The Hall–Kier alpha value is -3.14. The quantitative estimate of drug-likeness (QED) is 0.677. The predicted molar refractivity (Wildman–Crippen MR) is 102 cm³/mol. The summed E-state index contributed by atoms with van der Waals surface area (Å²) in [5.41, 5.74) is 6.82. The molecule has 0 aromatic carbocycles. The lowest BCUT2D eigenvalue weighted by Crippen LogP contribution is -2.54. The van der Waals surface area contributed by atoms with E-state index >= 15 is 0 Å². The molecule has 0 aliphatic carbocycles. The Labute approximate surface area is 163 Å². The largest absolute Gasteiger partial charge is 0.369 e. The normalized spacial score (nSPS) is 15.3. The number of pyridine rings is 1. The molecule has 1 aliphatic rings. The summed E-state index contributed by atoms with van der Waals surface area (Å²) in [7, 11) is 0. The van der Waals surface area contributed by atoms with E-state index in [1.807, 2.05) is 12.3 Å². The molecule has 0 bridgehead atoms. The fourth-order valence-electron chi connectivity index (χ4n) is 2.99. The second-order valence-corrected chi connectivity index (χ2v) is 7.56. The molecule has 0 saturated carbocycles. The van der Waals surface area contributed by atoms with Gasteiger partial charge in [-0.15, -0.1) is 11.3 Å². The van der Waals surface area contributed by atoms with Gasteiger partial charge in [0.2, 0.25) is 11.9 Å². The standard InChI is InChI=1S/C18H17FN6O2S/c1-9(10-4-12(19)6-21-5-10)22-18-23-13-2-3-28-15(13)14(24-18)17(27)25-7-11(8-25)16(20)26/h2-6,9,11H,7-8H2,1H3,(H2,20,26)(H,22,23,24)/t9-/m0/s1. The first-order valence-electron chi connectivity index (χ1n) is 8.63. The van der Waals surface area contributed by atoms with Crippen LogP contribution in [0.25, 0.3) is 10.2 Å². The van der Waals surface area contributed by atoms with Gasteiger partial charge in [0.05, 0.1) is 28.4 Å². The fraction of sp³-hybridized carbons (Fsp3) is 0.278. The Balaban J connectivity index is 1.60. The van der Waals surface area contributed by atoms with Gasteiger partial charge in [-0.3, -0.25) is 14.6 Å². The number of anilines is 1. The second kappa shape index (κ2) is 7.12. The summed E-state index contributed by atoms with van der Waals surface area (Å²) in [4.78, 5) is 38.3. The van der Waals surface area contributed by atoms with Gasteiger partial charge in [-0.1, -0.05) is 0 Å². The molecule has 1 atom stereocenters. The van der Waals surface area contributed by atoms with Crippen molar-refractivity contribution >= 4 is 39.3 Å². The fourth-order valence-corrected chi connectivity index (χ4v) is 3.80. The second-order valence-electron chi connectivity index (χ2n) is 6.64. The third-order valence-electron chi connectivity index (χ3n) is 4.65. The summed E-state index contributed by atoms with van der Waals surface area (Å²) < 4.78 is 14.1. The molecule has 10 heteroatoms. The number of nitrogens with zero attached hydrogens (tertiary/aromatic N) is 4. The van der Waals surface area contributed by atoms with Gasteiger partial charge in [0.15, 0.2) is 5.69 Å². The highest BCUT2D eigenvalue weighted by atomic mass is 32.1. The summed E-state index contributed by atoms with van der Waals surface area (Å²) in [6, 6.07) is 2.87. The number of fused-ring (bicyclic) bond motifs is 1. The van der Waals surface area contributed by atoms with Crippen molar-refractivity contribution in [2.45, 2.75) is 13.0 Å². The van der Waals surface area contributed by atoms with Crippen molar-refractivity contribution in [3.05, 3.63) is 47.0 Å². The summed E-state index contributed by atoms with van der Waals surface area (Å²) in [5.74, 6) is -1.16. The van der Waals surface area contributed by atoms with E-state index in [2.05, 4.69) is 20.3 Å². The lowest BCUT2D eigenvalue weighted by molar-refractivity contribution is -0.125. The van der Waals surface area contributed by atoms with Gasteiger partial charge in [-0.2, -0.15) is 0 Å². The molecule has 144 valence electrons. The molecule has 1 fully saturated rings. The van der Waals surface area contributed by atoms with E-state index in [4.69, 9.17) is 5.73 Å². The van der Waals surface area contributed by atoms with E-state index in [0.717, 1.165) is 6.20 Å². The number of thiophene rings is 1. The minimum Gasteiger partial charge on any atom is -0.369 e. The molecule has 4 rings (SSSR count). The molecule has 3 N–H and O–H groups in total. The molecule has 3 aromatic rings. The number of carbonyl (C=O) groups excluding carboxylic acids is 2. The predicted octanol–water partition coefficient (Wildman–Crippen LogP) is 1.96. The summed E-state index contributed by atoms with van der Waals surface area (Å²) in [6.07, 6.45) is 2.69. The van der Waals surface area contributed by atoms with Crippen LogP contribution < -0.4 is 11.1 Å². The van der Waals surface area contributed by atoms with Gasteiger partial charge in [0.1, 0.15) is 5.82 Å². The lowest BCUT2D eigenvalue weighted by Gasteiger charge is -2.37. The number of aromatic nitrogens is 3. The van der Waals surface area contributed by atoms with Crippen LogP contribution in [0, 0.1) is 11.7 Å². The van der Waals surface area contributed by atoms with Gasteiger partial charge in [0.25, 0.3) is 5.91 Å². The SMILES string of the molecule is C[C@H](Nc1nc(C(=O)N2CC(C(N)=O)C2)c2sccc2n1)c1cncc(F)c1. The van der Waals surface area contributed by atoms with Crippen molar-refractivity contribution < 1.29 is 14.0 Å². The molecule has 0 radical (unpaired) electrons. The van der Waals surface area contributed by atoms with Gasteiger partial charge < -0.3 is 16.0 Å². The maximum atomic E-state index is 13.4. The number of hydrogen-bond donors (Lipinski definition) is 2. The van der Waals surface area contributed by atoms with Gasteiger partial charge in [-0.25, -0.2) is 14.4 Å². The third kappa shape index (κ3) is 3.38. The Morgan fingerprint density at radius 1 is 1.36 bits per heavy atom. The Kier molecular flexibility index (Phi) is 4.63. The topological polar surface area (TPSA) is 114 Å². The maximum Gasteiger partial charge on any atom is 0.274 e. The van der Waals surface area contributed by atoms with Crippen molar-refractivity contribution in [3.8, 4) is 0 Å². The first-order chi connectivity index (χ1) is 13.4. The van der Waals surface area contributed by atoms with E-state index in [-0.39, 0.29) is 29.5 Å². The molecular weight excluding hydrogens is 383 g/mol. The molecule has 8 nitrogen and oxygen atoms in total. The van der Waals surface area contributed by atoms with Crippen LogP contribution in [0.15, 0.2) is 29.9 Å². The molecule has 1 saturated heterocycles. The monoisotopic (exact) mass is 400 g/mol. The molecule has 28 heavy (non-hydrogen) atoms. The van der Waals surface area contributed by atoms with Crippen LogP contribution in [0.1, 0.15) is 29.0 Å². The molecule has 2 amide bonds. The zero-order valence-corrected chi connectivity index (χ0v) is 15.7. The van der Waals surface area contributed by atoms with Crippen molar-refractivity contribution in [3.63, 3.8) is 0 Å². The summed E-state index contributed by atoms with van der Waals surface area (Å²) >= 11 is 1.38. The third-order valence-corrected chi connectivity index (χ3v) is 5.56. The molecule has 1 aliphatic heterocycles. The minimum absolute atomic E-state index is 0.262. The highest BCUT2D eigenvalue weighted by Gasteiger charge is 2.36. The average molecular weight is 400 g/mol. The zero-order chi connectivity index (χ0) is 19.8. The molecule has 0 unspecified atom stereocenters. The van der Waals surface area contributed by atoms with Gasteiger partial charge >= 0.3 is 0 Å². The first kappa shape index (κ1) is 18.2. The van der Waals surface area contributed by atoms with Crippen LogP contribution in [0.2, 0.25) is 0 Å². The van der Waals surface area contributed by atoms with E-state index in [1.165, 1.54) is 17.4 Å². The number of primary amides is 1. The number of likely N-dealkylation sites (tertiary alicyclic amines) is 1. The van der Waals surface area contributed by atoms with Crippen LogP contribution in [-0.2, 0) is 4.79 Å². The molecular formula is C18H17FN6O2S. The van der Waals surface area contributed by atoms with E-state index in [1.54, 1.807) is 17.2 Å². The number of nitrogens with one attached hydrogen (secondary N) is 1. The van der Waals surface area contributed by atoms with Crippen LogP contribution in [0.4, 0.5) is 10.3 Å². The number of carbonyl (C=O) groups is 2. The Morgan fingerprint density at radius 2 is 2.14 bits per heavy atom. The van der Waals surface area contributed by atoms with Crippen molar-refractivity contribution in [1.82, 2.24) is 19.9 Å². The van der Waals surface area contributed by atoms with Gasteiger partial charge in [0, 0.05) is 19.3 Å². The first-order valence-corrected chi connectivity index (χ1v) is 9.51. The lowest BCUT2D eigenvalue weighted by atomic mass is 9.99. The van der Waals surface area contributed by atoms with Crippen LogP contribution in [0.3, 0.4) is 0 Å². The Bertz CT molecular complexity index is 1070. The maximum absolute atomic E-state index is 13.4. The Morgan fingerprint density at radius 3 is 2.86 bits per heavy atom. The highest BCUT2D eigenvalue weighted by Crippen LogP contribution is 2.28. The smallest absolute Gasteiger partial charge is 0.274 e. The number of nitrogens with two attached hydrogens (primary N) is 1. The zero-order valence-electron chi connectivity index (χ0n) is 14.9. The van der Waals surface area contributed by atoms with E-state index in [0.29, 0.717) is 28.9 Å². The molecule has 4 heterocycles. The van der Waals surface area contributed by atoms with Crippen LogP contribution >= 0.6 is 11.3 Å². The number of rotatable bonds is 5. The number of halogens is 1. The average Bonchev–Trinajstić information content (AvgIpc) is 3.07. The van der Waals surface area contributed by atoms with Gasteiger partial charge in [-0.05, 0) is 30.0 Å². The summed E-state index contributed by atoms with van der Waals surface area (Å²) in [6.45, 7) is 2.41. The number of amides is 2.